The van der Waals surface area contributed by atoms with E-state index in [4.69, 9.17) is 18.9 Å². The van der Waals surface area contributed by atoms with Gasteiger partial charge in [-0.05, 0) is 49.2 Å². The summed E-state index contributed by atoms with van der Waals surface area (Å²) in [5.41, 5.74) is 1.25. The average Bonchev–Trinajstić information content (AvgIpc) is 3.34. The molecule has 0 unspecified atom stereocenters. The first-order valence-corrected chi connectivity index (χ1v) is 11.5. The Bertz CT molecular complexity index is 1170. The topological polar surface area (TPSA) is 115 Å². The maximum absolute atomic E-state index is 13.4. The molecule has 1 saturated heterocycles. The zero-order chi connectivity index (χ0) is 24.5. The molecule has 0 saturated carbocycles. The SMILES string of the molecule is CNC(=O)C[C@H]1CC[C@H]2[C@@H](COc3ccc(NC(=O)c4ccc5c(c4)OCO5)cc3C(=O)N2C)O1. The van der Waals surface area contributed by atoms with E-state index in [9.17, 15) is 14.4 Å². The lowest BCUT2D eigenvalue weighted by Gasteiger charge is -2.42. The van der Waals surface area contributed by atoms with Crippen LogP contribution in [0.15, 0.2) is 36.4 Å². The van der Waals surface area contributed by atoms with E-state index < -0.39 is 0 Å². The maximum atomic E-state index is 13.4. The molecule has 0 aromatic heterocycles. The first-order valence-electron chi connectivity index (χ1n) is 11.5. The van der Waals surface area contributed by atoms with Crippen molar-refractivity contribution in [1.29, 1.82) is 0 Å². The molecule has 184 valence electrons. The highest BCUT2D eigenvalue weighted by Gasteiger charge is 2.39. The first-order chi connectivity index (χ1) is 16.9. The molecular weight excluding hydrogens is 454 g/mol. The van der Waals surface area contributed by atoms with Gasteiger partial charge >= 0.3 is 0 Å². The van der Waals surface area contributed by atoms with Crippen molar-refractivity contribution < 1.29 is 33.3 Å². The number of nitrogens with one attached hydrogen (secondary N) is 2. The number of carbonyl (C=O) groups is 3. The molecule has 35 heavy (non-hydrogen) atoms. The predicted octanol–water partition coefficient (Wildman–Crippen LogP) is 2.18. The Labute approximate surface area is 202 Å². The van der Waals surface area contributed by atoms with Crippen molar-refractivity contribution in [2.45, 2.75) is 37.5 Å². The molecule has 3 heterocycles. The molecule has 0 radical (unpaired) electrons. The molecule has 3 atom stereocenters. The van der Waals surface area contributed by atoms with Gasteiger partial charge in [-0.3, -0.25) is 14.4 Å². The summed E-state index contributed by atoms with van der Waals surface area (Å²) in [4.78, 5) is 39.6. The number of carbonyl (C=O) groups excluding carboxylic acids is 3. The molecule has 2 aromatic carbocycles. The van der Waals surface area contributed by atoms with Crippen LogP contribution in [0.3, 0.4) is 0 Å². The molecule has 10 heteroatoms. The van der Waals surface area contributed by atoms with Crippen LogP contribution in [-0.2, 0) is 9.53 Å². The molecule has 1 fully saturated rings. The van der Waals surface area contributed by atoms with Gasteiger partial charge < -0.3 is 34.5 Å². The summed E-state index contributed by atoms with van der Waals surface area (Å²) in [5, 5.41) is 5.45. The van der Waals surface area contributed by atoms with Gasteiger partial charge in [0.2, 0.25) is 12.7 Å². The zero-order valence-electron chi connectivity index (χ0n) is 19.5. The van der Waals surface area contributed by atoms with Crippen LogP contribution in [0.2, 0.25) is 0 Å². The third-order valence-corrected chi connectivity index (χ3v) is 6.60. The standard InChI is InChI=1S/C25H27N3O7/c1-26-23(29)11-16-5-6-18-22(35-16)12-32-19-8-4-15(10-17(19)25(31)28(18)2)27-24(30)14-3-7-20-21(9-14)34-13-33-20/h3-4,7-10,16,18,22H,5-6,11-13H2,1-2H3,(H,26,29)(H,27,30)/t16-,18+,22-/m1/s1. The minimum Gasteiger partial charge on any atom is -0.490 e. The van der Waals surface area contributed by atoms with Crippen LogP contribution in [0.4, 0.5) is 5.69 Å². The number of benzene rings is 2. The number of fused-ring (bicyclic) bond motifs is 3. The second-order valence-corrected chi connectivity index (χ2v) is 8.78. The number of likely N-dealkylation sites (N-methyl/N-ethyl adjacent to an activating group) is 1. The Morgan fingerprint density at radius 1 is 1.03 bits per heavy atom. The van der Waals surface area contributed by atoms with Gasteiger partial charge in [-0.2, -0.15) is 0 Å². The zero-order valence-corrected chi connectivity index (χ0v) is 19.5. The Balaban J connectivity index is 1.32. The average molecular weight is 482 g/mol. The van der Waals surface area contributed by atoms with Crippen LogP contribution in [0.1, 0.15) is 40.0 Å². The minimum atomic E-state index is -0.342. The Hall–Kier alpha value is -3.79. The van der Waals surface area contributed by atoms with Gasteiger partial charge in [0.1, 0.15) is 18.5 Å². The van der Waals surface area contributed by atoms with Crippen molar-refractivity contribution in [1.82, 2.24) is 10.2 Å². The molecule has 3 aliphatic heterocycles. The van der Waals surface area contributed by atoms with Gasteiger partial charge in [0.25, 0.3) is 11.8 Å². The Morgan fingerprint density at radius 3 is 2.66 bits per heavy atom. The molecule has 2 N–H and O–H groups in total. The van der Waals surface area contributed by atoms with E-state index in [0.717, 1.165) is 0 Å². The van der Waals surface area contributed by atoms with Crippen LogP contribution >= 0.6 is 0 Å². The fraction of sp³-hybridized carbons (Fsp3) is 0.400. The summed E-state index contributed by atoms with van der Waals surface area (Å²) in [6.07, 6.45) is 1.10. The number of nitrogens with zero attached hydrogens (tertiary/aromatic N) is 1. The lowest BCUT2D eigenvalue weighted by atomic mass is 9.94. The third-order valence-electron chi connectivity index (χ3n) is 6.60. The van der Waals surface area contributed by atoms with Gasteiger partial charge in [0, 0.05) is 25.3 Å². The van der Waals surface area contributed by atoms with Crippen molar-refractivity contribution in [2.75, 3.05) is 32.8 Å². The van der Waals surface area contributed by atoms with Gasteiger partial charge in [-0.1, -0.05) is 0 Å². The number of amides is 3. The summed E-state index contributed by atoms with van der Waals surface area (Å²) in [7, 11) is 3.34. The lowest BCUT2D eigenvalue weighted by molar-refractivity contribution is -0.133. The number of ether oxygens (including phenoxy) is 4. The first kappa shape index (κ1) is 23.0. The van der Waals surface area contributed by atoms with E-state index in [1.807, 2.05) is 0 Å². The summed E-state index contributed by atoms with van der Waals surface area (Å²) in [6.45, 7) is 0.380. The van der Waals surface area contributed by atoms with E-state index in [-0.39, 0.29) is 55.8 Å². The van der Waals surface area contributed by atoms with Crippen LogP contribution in [0.25, 0.3) is 0 Å². The second-order valence-electron chi connectivity index (χ2n) is 8.78. The fourth-order valence-corrected chi connectivity index (χ4v) is 4.66. The van der Waals surface area contributed by atoms with E-state index in [1.54, 1.807) is 55.4 Å². The van der Waals surface area contributed by atoms with Crippen LogP contribution in [0.5, 0.6) is 17.2 Å². The number of anilines is 1. The molecule has 3 aliphatic rings. The summed E-state index contributed by atoms with van der Waals surface area (Å²) >= 11 is 0. The molecule has 0 spiro atoms. The van der Waals surface area contributed by atoms with Crippen LogP contribution in [0, 0.1) is 0 Å². The van der Waals surface area contributed by atoms with Gasteiger partial charge in [0.15, 0.2) is 11.5 Å². The molecule has 5 rings (SSSR count). The smallest absolute Gasteiger partial charge is 0.257 e. The third kappa shape index (κ3) is 4.61. The van der Waals surface area contributed by atoms with E-state index in [2.05, 4.69) is 10.6 Å². The molecule has 0 bridgehead atoms. The predicted molar refractivity (Wildman–Crippen MR) is 125 cm³/mol. The molecule has 2 aromatic rings. The molecule has 0 aliphatic carbocycles. The van der Waals surface area contributed by atoms with Crippen molar-refractivity contribution in [2.24, 2.45) is 0 Å². The maximum Gasteiger partial charge on any atom is 0.257 e. The summed E-state index contributed by atoms with van der Waals surface area (Å²) in [5.74, 6) is 0.894. The monoisotopic (exact) mass is 481 g/mol. The van der Waals surface area contributed by atoms with Gasteiger partial charge in [-0.15, -0.1) is 0 Å². The highest BCUT2D eigenvalue weighted by Crippen LogP contribution is 2.34. The van der Waals surface area contributed by atoms with E-state index in [1.165, 1.54) is 0 Å². The number of hydrogen-bond acceptors (Lipinski definition) is 7. The largest absolute Gasteiger partial charge is 0.490 e. The quantitative estimate of drug-likeness (QED) is 0.688. The van der Waals surface area contributed by atoms with Crippen LogP contribution < -0.4 is 24.8 Å². The van der Waals surface area contributed by atoms with Crippen molar-refractivity contribution >= 4 is 23.4 Å². The van der Waals surface area contributed by atoms with Crippen molar-refractivity contribution in [3.63, 3.8) is 0 Å². The minimum absolute atomic E-state index is 0.0784. The summed E-state index contributed by atoms with van der Waals surface area (Å²) in [6, 6.07) is 9.76. The Kier molecular flexibility index (Phi) is 6.21. The van der Waals surface area contributed by atoms with Gasteiger partial charge in [-0.25, -0.2) is 0 Å². The second kappa shape index (κ2) is 9.46. The molecular formula is C25H27N3O7. The van der Waals surface area contributed by atoms with E-state index in [0.29, 0.717) is 46.9 Å². The molecule has 3 amide bonds. The van der Waals surface area contributed by atoms with Crippen molar-refractivity contribution in [3.8, 4) is 17.2 Å². The van der Waals surface area contributed by atoms with Crippen LogP contribution in [-0.4, -0.2) is 68.4 Å². The highest BCUT2D eigenvalue weighted by molar-refractivity contribution is 6.06. The summed E-state index contributed by atoms with van der Waals surface area (Å²) < 4.78 is 22.7. The number of rotatable bonds is 4. The lowest BCUT2D eigenvalue weighted by Crippen LogP contribution is -2.53. The fourth-order valence-electron chi connectivity index (χ4n) is 4.66. The molecule has 10 nitrogen and oxygen atoms in total. The van der Waals surface area contributed by atoms with Crippen molar-refractivity contribution in [3.05, 3.63) is 47.5 Å². The Morgan fingerprint density at radius 2 is 1.83 bits per heavy atom. The number of hydrogen-bond donors (Lipinski definition) is 2. The van der Waals surface area contributed by atoms with E-state index >= 15 is 0 Å². The highest BCUT2D eigenvalue weighted by atomic mass is 16.7. The van der Waals surface area contributed by atoms with Gasteiger partial charge in [0.05, 0.1) is 24.1 Å². The normalized spacial score (nSPS) is 22.7.